The third kappa shape index (κ3) is 3.69. The van der Waals surface area contributed by atoms with Crippen molar-refractivity contribution in [3.8, 4) is 0 Å². The zero-order chi connectivity index (χ0) is 13.6. The van der Waals surface area contributed by atoms with E-state index in [1.807, 2.05) is 0 Å². The zero-order valence-corrected chi connectivity index (χ0v) is 12.9. The van der Waals surface area contributed by atoms with Gasteiger partial charge in [-0.05, 0) is 52.6 Å². The van der Waals surface area contributed by atoms with Gasteiger partial charge in [0.05, 0.1) is 0 Å². The van der Waals surface area contributed by atoms with Crippen molar-refractivity contribution in [2.45, 2.75) is 65.0 Å². The van der Waals surface area contributed by atoms with Crippen LogP contribution in [0.4, 0.5) is 0 Å². The Bertz CT molecular complexity index is 214. The summed E-state index contributed by atoms with van der Waals surface area (Å²) in [5, 5.41) is 0. The quantitative estimate of drug-likeness (QED) is 0.758. The number of nitrogens with two attached hydrogens (primary N) is 1. The smallest absolute Gasteiger partial charge is 0.0356 e. The van der Waals surface area contributed by atoms with E-state index >= 15 is 0 Å². The summed E-state index contributed by atoms with van der Waals surface area (Å²) in [5.74, 6) is 0. The Hall–Kier alpha value is -0.120. The molecule has 1 aliphatic rings. The molecule has 0 aromatic carbocycles. The van der Waals surface area contributed by atoms with Gasteiger partial charge in [-0.25, -0.2) is 0 Å². The van der Waals surface area contributed by atoms with Crippen molar-refractivity contribution in [3.05, 3.63) is 0 Å². The second-order valence-electron chi connectivity index (χ2n) is 6.05. The predicted molar refractivity (Wildman–Crippen MR) is 79.9 cm³/mol. The minimum atomic E-state index is 0.275. The molecule has 2 N–H and O–H groups in total. The average molecular weight is 255 g/mol. The highest BCUT2D eigenvalue weighted by molar-refractivity contribution is 4.96. The first-order chi connectivity index (χ1) is 8.59. The molecule has 0 unspecified atom stereocenters. The molecule has 0 atom stereocenters. The van der Waals surface area contributed by atoms with E-state index in [0.29, 0.717) is 6.04 Å². The first kappa shape index (κ1) is 15.9. The first-order valence-electron chi connectivity index (χ1n) is 7.78. The Morgan fingerprint density at radius 2 is 1.61 bits per heavy atom. The third-order valence-corrected chi connectivity index (χ3v) is 4.50. The molecule has 0 saturated carbocycles. The Morgan fingerprint density at radius 3 is 1.94 bits per heavy atom. The maximum absolute atomic E-state index is 6.16. The number of nitrogens with zero attached hydrogens (tertiary/aromatic N) is 2. The molecule has 0 aliphatic carbocycles. The molecule has 0 spiro atoms. The summed E-state index contributed by atoms with van der Waals surface area (Å²) >= 11 is 0. The van der Waals surface area contributed by atoms with Gasteiger partial charge in [0.2, 0.25) is 0 Å². The second kappa shape index (κ2) is 7.46. The van der Waals surface area contributed by atoms with E-state index in [-0.39, 0.29) is 5.54 Å². The summed E-state index contributed by atoms with van der Waals surface area (Å²) < 4.78 is 0. The van der Waals surface area contributed by atoms with Gasteiger partial charge in [0.15, 0.2) is 0 Å². The molecule has 0 bridgehead atoms. The summed E-state index contributed by atoms with van der Waals surface area (Å²) in [6, 6.07) is 0.673. The molecule has 1 saturated heterocycles. The zero-order valence-electron chi connectivity index (χ0n) is 12.9. The standard InChI is InChI=1S/C15H33N3/c1-5-9-18(10-6-2)15(13-16)7-11-17(12-8-15)14(3)4/h14H,5-13,16H2,1-4H3. The first-order valence-corrected chi connectivity index (χ1v) is 7.78. The summed E-state index contributed by atoms with van der Waals surface area (Å²) in [7, 11) is 0. The van der Waals surface area contributed by atoms with Gasteiger partial charge >= 0.3 is 0 Å². The SMILES string of the molecule is CCCN(CCC)C1(CN)CCN(C(C)C)CC1. The molecule has 1 rings (SSSR count). The lowest BCUT2D eigenvalue weighted by Gasteiger charge is -2.49. The van der Waals surface area contributed by atoms with Crippen LogP contribution in [0.1, 0.15) is 53.4 Å². The molecule has 1 aliphatic heterocycles. The lowest BCUT2D eigenvalue weighted by molar-refractivity contribution is 0.0176. The summed E-state index contributed by atoms with van der Waals surface area (Å²) in [6.07, 6.45) is 4.94. The fourth-order valence-corrected chi connectivity index (χ4v) is 3.23. The molecular weight excluding hydrogens is 222 g/mol. The number of rotatable bonds is 7. The monoisotopic (exact) mass is 255 g/mol. The Kier molecular flexibility index (Phi) is 6.61. The number of likely N-dealkylation sites (tertiary alicyclic amines) is 1. The molecular formula is C15H33N3. The summed E-state index contributed by atoms with van der Waals surface area (Å²) in [5.41, 5.74) is 6.44. The topological polar surface area (TPSA) is 32.5 Å². The lowest BCUT2D eigenvalue weighted by Crippen LogP contribution is -2.60. The van der Waals surface area contributed by atoms with Crippen molar-refractivity contribution in [3.63, 3.8) is 0 Å². The molecule has 108 valence electrons. The second-order valence-corrected chi connectivity index (χ2v) is 6.05. The average Bonchev–Trinajstić information content (AvgIpc) is 2.38. The molecule has 0 aromatic heterocycles. The van der Waals surface area contributed by atoms with Crippen LogP contribution >= 0.6 is 0 Å². The highest BCUT2D eigenvalue weighted by atomic mass is 15.2. The number of piperidine rings is 1. The Morgan fingerprint density at radius 1 is 1.11 bits per heavy atom. The molecule has 1 fully saturated rings. The highest BCUT2D eigenvalue weighted by Crippen LogP contribution is 2.29. The van der Waals surface area contributed by atoms with Crippen molar-refractivity contribution in [2.24, 2.45) is 5.73 Å². The normalized spacial score (nSPS) is 20.8. The van der Waals surface area contributed by atoms with E-state index in [1.165, 1.54) is 51.9 Å². The minimum absolute atomic E-state index is 0.275. The molecule has 0 radical (unpaired) electrons. The predicted octanol–water partition coefficient (Wildman–Crippen LogP) is 2.31. The van der Waals surface area contributed by atoms with Crippen LogP contribution in [0, 0.1) is 0 Å². The molecule has 0 amide bonds. The van der Waals surface area contributed by atoms with E-state index in [2.05, 4.69) is 37.5 Å². The van der Waals surface area contributed by atoms with Gasteiger partial charge in [0.1, 0.15) is 0 Å². The number of hydrogen-bond acceptors (Lipinski definition) is 3. The highest BCUT2D eigenvalue weighted by Gasteiger charge is 2.38. The third-order valence-electron chi connectivity index (χ3n) is 4.50. The van der Waals surface area contributed by atoms with E-state index in [1.54, 1.807) is 0 Å². The van der Waals surface area contributed by atoms with Crippen LogP contribution in [0.15, 0.2) is 0 Å². The molecule has 3 heteroatoms. The molecule has 1 heterocycles. The van der Waals surface area contributed by atoms with Crippen molar-refractivity contribution < 1.29 is 0 Å². The van der Waals surface area contributed by atoms with E-state index in [4.69, 9.17) is 5.73 Å². The maximum Gasteiger partial charge on any atom is 0.0356 e. The van der Waals surface area contributed by atoms with Gasteiger partial charge < -0.3 is 10.6 Å². The van der Waals surface area contributed by atoms with Gasteiger partial charge in [-0.3, -0.25) is 4.90 Å². The van der Waals surface area contributed by atoms with Gasteiger partial charge in [-0.2, -0.15) is 0 Å². The fraction of sp³-hybridized carbons (Fsp3) is 1.00. The van der Waals surface area contributed by atoms with Gasteiger partial charge in [-0.1, -0.05) is 13.8 Å². The summed E-state index contributed by atoms with van der Waals surface area (Å²) in [4.78, 5) is 5.26. The van der Waals surface area contributed by atoms with Crippen LogP contribution in [0.2, 0.25) is 0 Å². The van der Waals surface area contributed by atoms with Crippen LogP contribution in [0.25, 0.3) is 0 Å². The van der Waals surface area contributed by atoms with Crippen molar-refractivity contribution >= 4 is 0 Å². The van der Waals surface area contributed by atoms with E-state index in [0.717, 1.165) is 6.54 Å². The molecule has 3 nitrogen and oxygen atoms in total. The van der Waals surface area contributed by atoms with Gasteiger partial charge in [0, 0.05) is 31.2 Å². The van der Waals surface area contributed by atoms with Gasteiger partial charge in [-0.15, -0.1) is 0 Å². The van der Waals surface area contributed by atoms with Crippen molar-refractivity contribution in [1.82, 2.24) is 9.80 Å². The van der Waals surface area contributed by atoms with E-state index in [9.17, 15) is 0 Å². The summed E-state index contributed by atoms with van der Waals surface area (Å²) in [6.45, 7) is 14.8. The lowest BCUT2D eigenvalue weighted by atomic mass is 9.84. The van der Waals surface area contributed by atoms with Gasteiger partial charge in [0.25, 0.3) is 0 Å². The van der Waals surface area contributed by atoms with Crippen LogP contribution in [0.5, 0.6) is 0 Å². The largest absolute Gasteiger partial charge is 0.329 e. The molecule has 18 heavy (non-hydrogen) atoms. The van der Waals surface area contributed by atoms with Crippen LogP contribution < -0.4 is 5.73 Å². The van der Waals surface area contributed by atoms with Crippen molar-refractivity contribution in [2.75, 3.05) is 32.7 Å². The Labute approximate surface area is 114 Å². The fourth-order valence-electron chi connectivity index (χ4n) is 3.23. The van der Waals surface area contributed by atoms with E-state index < -0.39 is 0 Å². The Balaban J connectivity index is 2.67. The maximum atomic E-state index is 6.16. The van der Waals surface area contributed by atoms with Crippen LogP contribution in [0.3, 0.4) is 0 Å². The molecule has 0 aromatic rings. The minimum Gasteiger partial charge on any atom is -0.329 e. The number of hydrogen-bond donors (Lipinski definition) is 1. The van der Waals surface area contributed by atoms with Crippen LogP contribution in [-0.2, 0) is 0 Å². The van der Waals surface area contributed by atoms with Crippen molar-refractivity contribution in [1.29, 1.82) is 0 Å². The van der Waals surface area contributed by atoms with Crippen LogP contribution in [-0.4, -0.2) is 54.1 Å².